The molecule has 0 fully saturated rings. The summed E-state index contributed by atoms with van der Waals surface area (Å²) in [5.41, 5.74) is 5.19. The molecule has 3 N–H and O–H groups in total. The lowest BCUT2D eigenvalue weighted by atomic mass is 10.3. The summed E-state index contributed by atoms with van der Waals surface area (Å²) in [4.78, 5) is 11.1. The summed E-state index contributed by atoms with van der Waals surface area (Å²) in [7, 11) is 0. The van der Waals surface area contributed by atoms with Gasteiger partial charge < -0.3 is 15.8 Å². The third-order valence-corrected chi connectivity index (χ3v) is 3.06. The fraction of sp³-hybridized carbons (Fsp3) is 0.0625. The van der Waals surface area contributed by atoms with Crippen LogP contribution in [0, 0.1) is 0 Å². The Morgan fingerprint density at radius 2 is 1.64 bits per heavy atom. The SMILES string of the molecule is Nc1nccc(Nc2ccc(Oc3ccnc(C(F)(F)F)c3)cc2)n1. The van der Waals surface area contributed by atoms with Gasteiger partial charge in [0.2, 0.25) is 5.95 Å². The van der Waals surface area contributed by atoms with Crippen LogP contribution in [0.15, 0.2) is 54.9 Å². The van der Waals surface area contributed by atoms with Crippen LogP contribution in [0.3, 0.4) is 0 Å². The summed E-state index contributed by atoms with van der Waals surface area (Å²) in [6, 6.07) is 10.5. The zero-order valence-corrected chi connectivity index (χ0v) is 12.7. The van der Waals surface area contributed by atoms with Crippen LogP contribution in [0.5, 0.6) is 11.5 Å². The van der Waals surface area contributed by atoms with Crippen LogP contribution in [-0.2, 0) is 6.18 Å². The van der Waals surface area contributed by atoms with Crippen molar-refractivity contribution in [1.82, 2.24) is 15.0 Å². The first kappa shape index (κ1) is 16.5. The van der Waals surface area contributed by atoms with Crippen molar-refractivity contribution in [3.8, 4) is 11.5 Å². The summed E-state index contributed by atoms with van der Waals surface area (Å²) in [6.07, 6.45) is -1.95. The molecule has 0 aliphatic heterocycles. The summed E-state index contributed by atoms with van der Waals surface area (Å²) < 4.78 is 43.4. The van der Waals surface area contributed by atoms with Crippen LogP contribution in [0.25, 0.3) is 0 Å². The van der Waals surface area contributed by atoms with Crippen molar-refractivity contribution in [2.24, 2.45) is 0 Å². The van der Waals surface area contributed by atoms with Gasteiger partial charge in [0.1, 0.15) is 23.0 Å². The number of aromatic nitrogens is 3. The maximum atomic E-state index is 12.6. The minimum absolute atomic E-state index is 0.0478. The van der Waals surface area contributed by atoms with Crippen LogP contribution in [-0.4, -0.2) is 15.0 Å². The van der Waals surface area contributed by atoms with Gasteiger partial charge in [-0.1, -0.05) is 0 Å². The molecule has 6 nitrogen and oxygen atoms in total. The van der Waals surface area contributed by atoms with Crippen LogP contribution >= 0.6 is 0 Å². The molecule has 128 valence electrons. The van der Waals surface area contributed by atoms with E-state index in [1.54, 1.807) is 30.3 Å². The second-order valence-electron chi connectivity index (χ2n) is 4.93. The van der Waals surface area contributed by atoms with Crippen molar-refractivity contribution in [2.75, 3.05) is 11.1 Å². The van der Waals surface area contributed by atoms with Gasteiger partial charge in [-0.3, -0.25) is 4.98 Å². The highest BCUT2D eigenvalue weighted by atomic mass is 19.4. The molecule has 2 aromatic heterocycles. The lowest BCUT2D eigenvalue weighted by Gasteiger charge is -2.10. The number of halogens is 3. The molecule has 0 bridgehead atoms. The molecule has 0 saturated carbocycles. The number of hydrogen-bond donors (Lipinski definition) is 2. The predicted molar refractivity (Wildman–Crippen MR) is 85.5 cm³/mol. The topological polar surface area (TPSA) is 86.0 Å². The van der Waals surface area contributed by atoms with E-state index in [2.05, 4.69) is 20.3 Å². The number of ether oxygens (including phenoxy) is 1. The van der Waals surface area contributed by atoms with Crippen LogP contribution in [0.2, 0.25) is 0 Å². The Hall–Kier alpha value is -3.36. The molecule has 2 heterocycles. The Bertz CT molecular complexity index is 868. The van der Waals surface area contributed by atoms with Gasteiger partial charge in [-0.25, -0.2) is 4.98 Å². The number of rotatable bonds is 4. The van der Waals surface area contributed by atoms with Crippen LogP contribution in [0.4, 0.5) is 30.6 Å². The van der Waals surface area contributed by atoms with E-state index in [9.17, 15) is 13.2 Å². The first-order chi connectivity index (χ1) is 11.9. The fourth-order valence-electron chi connectivity index (χ4n) is 1.96. The Morgan fingerprint density at radius 1 is 0.920 bits per heavy atom. The number of nitrogens with two attached hydrogens (primary N) is 1. The van der Waals surface area contributed by atoms with E-state index >= 15 is 0 Å². The highest BCUT2D eigenvalue weighted by Crippen LogP contribution is 2.31. The molecule has 25 heavy (non-hydrogen) atoms. The highest BCUT2D eigenvalue weighted by Gasteiger charge is 2.32. The van der Waals surface area contributed by atoms with Crippen molar-refractivity contribution >= 4 is 17.5 Å². The first-order valence-electron chi connectivity index (χ1n) is 7.07. The van der Waals surface area contributed by atoms with E-state index in [1.165, 1.54) is 12.3 Å². The third-order valence-electron chi connectivity index (χ3n) is 3.06. The molecular formula is C16H12F3N5O. The van der Waals surface area contributed by atoms with Gasteiger partial charge in [0, 0.05) is 24.1 Å². The van der Waals surface area contributed by atoms with E-state index in [-0.39, 0.29) is 11.7 Å². The number of pyridine rings is 1. The molecule has 0 aliphatic rings. The van der Waals surface area contributed by atoms with Crippen molar-refractivity contribution in [3.05, 3.63) is 60.6 Å². The van der Waals surface area contributed by atoms with E-state index in [1.807, 2.05) is 0 Å². The maximum absolute atomic E-state index is 12.6. The molecule has 0 aliphatic carbocycles. The number of nitrogens with zero attached hydrogens (tertiary/aromatic N) is 3. The average Bonchev–Trinajstić information content (AvgIpc) is 2.56. The molecule has 0 spiro atoms. The van der Waals surface area contributed by atoms with Crippen molar-refractivity contribution in [3.63, 3.8) is 0 Å². The Balaban J connectivity index is 1.71. The maximum Gasteiger partial charge on any atom is 0.433 e. The minimum Gasteiger partial charge on any atom is -0.457 e. The molecule has 3 rings (SSSR count). The molecule has 9 heteroatoms. The Morgan fingerprint density at radius 3 is 2.32 bits per heavy atom. The Labute approximate surface area is 140 Å². The molecule has 0 atom stereocenters. The van der Waals surface area contributed by atoms with Gasteiger partial charge in [0.15, 0.2) is 0 Å². The molecule has 0 saturated heterocycles. The fourth-order valence-corrected chi connectivity index (χ4v) is 1.96. The van der Waals surface area contributed by atoms with Gasteiger partial charge in [0.05, 0.1) is 0 Å². The van der Waals surface area contributed by atoms with Gasteiger partial charge in [-0.2, -0.15) is 18.2 Å². The van der Waals surface area contributed by atoms with E-state index < -0.39 is 11.9 Å². The van der Waals surface area contributed by atoms with Crippen LogP contribution < -0.4 is 15.8 Å². The molecule has 1 aromatic carbocycles. The molecule has 3 aromatic rings. The monoisotopic (exact) mass is 347 g/mol. The lowest BCUT2D eigenvalue weighted by molar-refractivity contribution is -0.141. The Kier molecular flexibility index (Phi) is 4.38. The molecule has 0 unspecified atom stereocenters. The smallest absolute Gasteiger partial charge is 0.433 e. The second kappa shape index (κ2) is 6.63. The lowest BCUT2D eigenvalue weighted by Crippen LogP contribution is -2.07. The second-order valence-corrected chi connectivity index (χ2v) is 4.93. The summed E-state index contributed by atoms with van der Waals surface area (Å²) in [5, 5.41) is 3.02. The largest absolute Gasteiger partial charge is 0.457 e. The van der Waals surface area contributed by atoms with Crippen molar-refractivity contribution in [1.29, 1.82) is 0 Å². The third kappa shape index (κ3) is 4.34. The minimum atomic E-state index is -4.52. The number of anilines is 3. The zero-order chi connectivity index (χ0) is 17.9. The zero-order valence-electron chi connectivity index (χ0n) is 12.7. The normalized spacial score (nSPS) is 11.2. The van der Waals surface area contributed by atoms with Crippen LogP contribution in [0.1, 0.15) is 5.69 Å². The molecule has 0 amide bonds. The van der Waals surface area contributed by atoms with Gasteiger partial charge in [-0.05, 0) is 36.4 Å². The standard InChI is InChI=1S/C16H12F3N5O/c17-16(18,19)13-9-12(5-7-21-13)25-11-3-1-10(2-4-11)23-14-6-8-22-15(20)24-14/h1-9H,(H3,20,22,23,24). The van der Waals surface area contributed by atoms with Crippen molar-refractivity contribution < 1.29 is 17.9 Å². The first-order valence-corrected chi connectivity index (χ1v) is 7.07. The van der Waals surface area contributed by atoms with Gasteiger partial charge in [0.25, 0.3) is 0 Å². The number of hydrogen-bond acceptors (Lipinski definition) is 6. The van der Waals surface area contributed by atoms with E-state index in [0.717, 1.165) is 12.3 Å². The average molecular weight is 347 g/mol. The summed E-state index contributed by atoms with van der Waals surface area (Å²) in [5.74, 6) is 1.09. The van der Waals surface area contributed by atoms with Crippen molar-refractivity contribution in [2.45, 2.75) is 6.18 Å². The van der Waals surface area contributed by atoms with Gasteiger partial charge in [-0.15, -0.1) is 0 Å². The number of alkyl halides is 3. The number of nitrogen functional groups attached to an aromatic ring is 1. The van der Waals surface area contributed by atoms with E-state index in [4.69, 9.17) is 10.5 Å². The quantitative estimate of drug-likeness (QED) is 0.742. The number of benzene rings is 1. The van der Waals surface area contributed by atoms with Gasteiger partial charge >= 0.3 is 6.18 Å². The number of nitrogens with one attached hydrogen (secondary N) is 1. The molecular weight excluding hydrogens is 335 g/mol. The van der Waals surface area contributed by atoms with E-state index in [0.29, 0.717) is 17.3 Å². The predicted octanol–water partition coefficient (Wildman–Crippen LogP) is 4.01. The highest BCUT2D eigenvalue weighted by molar-refractivity contribution is 5.57. The molecule has 0 radical (unpaired) electrons. The summed E-state index contributed by atoms with van der Waals surface area (Å²) >= 11 is 0. The summed E-state index contributed by atoms with van der Waals surface area (Å²) in [6.45, 7) is 0.